The number of carbonyl (C=O) groups is 1. The SMILES string of the molecule is CCCCN(Cc1ccsc1)C(=O)COc1cccnc1. The van der Waals surface area contributed by atoms with Crippen molar-refractivity contribution < 1.29 is 9.53 Å². The maximum absolute atomic E-state index is 12.3. The third-order valence-corrected chi connectivity index (χ3v) is 3.82. The second kappa shape index (κ2) is 8.42. The van der Waals surface area contributed by atoms with E-state index in [4.69, 9.17) is 4.74 Å². The molecule has 0 aliphatic heterocycles. The van der Waals surface area contributed by atoms with Gasteiger partial charge in [0.2, 0.25) is 0 Å². The quantitative estimate of drug-likeness (QED) is 0.751. The molecule has 21 heavy (non-hydrogen) atoms. The normalized spacial score (nSPS) is 10.3. The summed E-state index contributed by atoms with van der Waals surface area (Å²) in [7, 11) is 0. The number of rotatable bonds is 8. The molecule has 2 heterocycles. The molecule has 0 saturated carbocycles. The lowest BCUT2D eigenvalue weighted by Crippen LogP contribution is -2.35. The summed E-state index contributed by atoms with van der Waals surface area (Å²) in [6.45, 7) is 3.60. The number of ether oxygens (including phenoxy) is 1. The van der Waals surface area contributed by atoms with Gasteiger partial charge in [0, 0.05) is 19.3 Å². The van der Waals surface area contributed by atoms with Crippen LogP contribution in [0.4, 0.5) is 0 Å². The number of hydrogen-bond donors (Lipinski definition) is 0. The van der Waals surface area contributed by atoms with Crippen LogP contribution in [0.5, 0.6) is 5.75 Å². The summed E-state index contributed by atoms with van der Waals surface area (Å²) < 4.78 is 5.50. The Morgan fingerprint density at radius 1 is 1.43 bits per heavy atom. The first-order chi connectivity index (χ1) is 10.3. The highest BCUT2D eigenvalue weighted by Crippen LogP contribution is 2.12. The molecule has 4 nitrogen and oxygen atoms in total. The molecule has 0 unspecified atom stereocenters. The Kier molecular flexibility index (Phi) is 6.22. The molecule has 112 valence electrons. The zero-order chi connectivity index (χ0) is 14.9. The Hall–Kier alpha value is -1.88. The largest absolute Gasteiger partial charge is 0.482 e. The van der Waals surface area contributed by atoms with Gasteiger partial charge in [-0.2, -0.15) is 11.3 Å². The van der Waals surface area contributed by atoms with Crippen LogP contribution in [0.25, 0.3) is 0 Å². The molecule has 0 saturated heterocycles. The third-order valence-electron chi connectivity index (χ3n) is 3.08. The van der Waals surface area contributed by atoms with Crippen LogP contribution in [0.1, 0.15) is 25.3 Å². The smallest absolute Gasteiger partial charge is 0.260 e. The Bertz CT molecular complexity index is 528. The average molecular weight is 304 g/mol. The Labute approximate surface area is 129 Å². The summed E-state index contributed by atoms with van der Waals surface area (Å²) in [5, 5.41) is 4.11. The van der Waals surface area contributed by atoms with Crippen LogP contribution < -0.4 is 4.74 Å². The molecule has 2 aromatic rings. The average Bonchev–Trinajstić information content (AvgIpc) is 3.03. The number of aromatic nitrogens is 1. The lowest BCUT2D eigenvalue weighted by atomic mass is 10.2. The van der Waals surface area contributed by atoms with E-state index >= 15 is 0 Å². The van der Waals surface area contributed by atoms with Gasteiger partial charge in [0.1, 0.15) is 5.75 Å². The van der Waals surface area contributed by atoms with E-state index in [1.165, 1.54) is 5.56 Å². The lowest BCUT2D eigenvalue weighted by Gasteiger charge is -2.22. The summed E-state index contributed by atoms with van der Waals surface area (Å²) in [5.41, 5.74) is 1.17. The minimum absolute atomic E-state index is 0.0125. The number of hydrogen-bond acceptors (Lipinski definition) is 4. The van der Waals surface area contributed by atoms with E-state index in [9.17, 15) is 4.79 Å². The molecule has 2 rings (SSSR count). The van der Waals surface area contributed by atoms with Crippen LogP contribution in [0.2, 0.25) is 0 Å². The van der Waals surface area contributed by atoms with E-state index in [0.29, 0.717) is 12.3 Å². The molecule has 0 bridgehead atoms. The summed E-state index contributed by atoms with van der Waals surface area (Å²) in [4.78, 5) is 18.2. The summed E-state index contributed by atoms with van der Waals surface area (Å²) >= 11 is 1.65. The lowest BCUT2D eigenvalue weighted by molar-refractivity contribution is -0.134. The number of nitrogens with zero attached hydrogens (tertiary/aromatic N) is 2. The monoisotopic (exact) mass is 304 g/mol. The van der Waals surface area contributed by atoms with Gasteiger partial charge in [-0.3, -0.25) is 9.78 Å². The van der Waals surface area contributed by atoms with Crippen molar-refractivity contribution in [3.8, 4) is 5.75 Å². The minimum atomic E-state index is 0.0125. The molecule has 1 amide bonds. The Morgan fingerprint density at radius 3 is 3.00 bits per heavy atom. The summed E-state index contributed by atoms with van der Waals surface area (Å²) in [5.74, 6) is 0.635. The predicted molar refractivity (Wildman–Crippen MR) is 84.4 cm³/mol. The van der Waals surface area contributed by atoms with E-state index in [2.05, 4.69) is 23.4 Å². The molecule has 0 aliphatic rings. The van der Waals surface area contributed by atoms with Crippen molar-refractivity contribution in [3.05, 3.63) is 46.9 Å². The van der Waals surface area contributed by atoms with Gasteiger partial charge in [-0.05, 0) is 40.9 Å². The maximum Gasteiger partial charge on any atom is 0.260 e. The predicted octanol–water partition coefficient (Wildman–Crippen LogP) is 3.35. The van der Waals surface area contributed by atoms with E-state index in [1.807, 2.05) is 10.3 Å². The van der Waals surface area contributed by atoms with Crippen molar-refractivity contribution >= 4 is 17.2 Å². The Balaban J connectivity index is 1.90. The second-order valence-corrected chi connectivity index (χ2v) is 5.56. The van der Waals surface area contributed by atoms with Gasteiger partial charge in [-0.25, -0.2) is 0 Å². The minimum Gasteiger partial charge on any atom is -0.482 e. The number of unbranched alkanes of at least 4 members (excludes halogenated alkanes) is 1. The van der Waals surface area contributed by atoms with Gasteiger partial charge in [0.25, 0.3) is 5.91 Å². The molecule has 0 aromatic carbocycles. The molecule has 0 radical (unpaired) electrons. The molecular weight excluding hydrogens is 284 g/mol. The fourth-order valence-electron chi connectivity index (χ4n) is 1.91. The molecule has 2 aromatic heterocycles. The molecule has 5 heteroatoms. The van der Waals surface area contributed by atoms with E-state index in [1.54, 1.807) is 35.9 Å². The number of pyridine rings is 1. The van der Waals surface area contributed by atoms with Crippen LogP contribution >= 0.6 is 11.3 Å². The fourth-order valence-corrected chi connectivity index (χ4v) is 2.57. The maximum atomic E-state index is 12.3. The fraction of sp³-hybridized carbons (Fsp3) is 0.375. The van der Waals surface area contributed by atoms with Crippen LogP contribution in [0.3, 0.4) is 0 Å². The van der Waals surface area contributed by atoms with Crippen molar-refractivity contribution in [2.24, 2.45) is 0 Å². The first kappa shape index (κ1) is 15.5. The molecular formula is C16H20N2O2S. The van der Waals surface area contributed by atoms with Gasteiger partial charge >= 0.3 is 0 Å². The van der Waals surface area contributed by atoms with Crippen molar-refractivity contribution in [3.63, 3.8) is 0 Å². The molecule has 0 aliphatic carbocycles. The Morgan fingerprint density at radius 2 is 2.33 bits per heavy atom. The van der Waals surface area contributed by atoms with Crippen LogP contribution in [0, 0.1) is 0 Å². The van der Waals surface area contributed by atoms with Gasteiger partial charge in [0.15, 0.2) is 6.61 Å². The zero-order valence-electron chi connectivity index (χ0n) is 12.2. The standard InChI is InChI=1S/C16H20N2O2S/c1-2-3-8-18(11-14-6-9-21-13-14)16(19)12-20-15-5-4-7-17-10-15/h4-7,9-10,13H,2-3,8,11-12H2,1H3. The van der Waals surface area contributed by atoms with E-state index < -0.39 is 0 Å². The summed E-state index contributed by atoms with van der Waals surface area (Å²) in [6.07, 6.45) is 5.36. The van der Waals surface area contributed by atoms with E-state index in [-0.39, 0.29) is 12.5 Å². The van der Waals surface area contributed by atoms with Crippen LogP contribution in [-0.2, 0) is 11.3 Å². The van der Waals surface area contributed by atoms with Crippen molar-refractivity contribution in [2.45, 2.75) is 26.3 Å². The number of carbonyl (C=O) groups excluding carboxylic acids is 1. The first-order valence-corrected chi connectivity index (χ1v) is 8.05. The number of amides is 1. The highest BCUT2D eigenvalue weighted by Gasteiger charge is 2.14. The highest BCUT2D eigenvalue weighted by molar-refractivity contribution is 7.07. The van der Waals surface area contributed by atoms with Gasteiger partial charge in [-0.15, -0.1) is 0 Å². The van der Waals surface area contributed by atoms with Crippen LogP contribution in [0.15, 0.2) is 41.4 Å². The van der Waals surface area contributed by atoms with Crippen LogP contribution in [-0.4, -0.2) is 28.9 Å². The third kappa shape index (κ3) is 5.19. The topological polar surface area (TPSA) is 42.4 Å². The zero-order valence-corrected chi connectivity index (χ0v) is 13.0. The second-order valence-electron chi connectivity index (χ2n) is 4.78. The van der Waals surface area contributed by atoms with Gasteiger partial charge in [-0.1, -0.05) is 13.3 Å². The first-order valence-electron chi connectivity index (χ1n) is 7.11. The van der Waals surface area contributed by atoms with Crippen molar-refractivity contribution in [1.29, 1.82) is 0 Å². The molecule has 0 N–H and O–H groups in total. The van der Waals surface area contributed by atoms with Crippen molar-refractivity contribution in [2.75, 3.05) is 13.2 Å². The van der Waals surface area contributed by atoms with Gasteiger partial charge in [0.05, 0.1) is 6.20 Å². The summed E-state index contributed by atoms with van der Waals surface area (Å²) in [6, 6.07) is 5.65. The van der Waals surface area contributed by atoms with Crippen molar-refractivity contribution in [1.82, 2.24) is 9.88 Å². The van der Waals surface area contributed by atoms with E-state index in [0.717, 1.165) is 19.4 Å². The molecule has 0 spiro atoms. The number of thiophene rings is 1. The van der Waals surface area contributed by atoms with Gasteiger partial charge < -0.3 is 9.64 Å². The molecule has 0 fully saturated rings. The highest BCUT2D eigenvalue weighted by atomic mass is 32.1. The molecule has 0 atom stereocenters.